The number of β-amino-alcohol motifs (C(OH)–C–C–N with tert-alkyl or cyclic N) is 1. The van der Waals surface area contributed by atoms with Gasteiger partial charge in [0.1, 0.15) is 11.3 Å². The number of para-hydroxylation sites is 1. The van der Waals surface area contributed by atoms with Crippen molar-refractivity contribution in [2.45, 2.75) is 50.9 Å². The van der Waals surface area contributed by atoms with E-state index in [4.69, 9.17) is 14.6 Å². The normalized spacial score (nSPS) is 17.2. The number of benzene rings is 3. The summed E-state index contributed by atoms with van der Waals surface area (Å²) in [5, 5.41) is 17.2. The third-order valence-corrected chi connectivity index (χ3v) is 7.99. The monoisotopic (exact) mass is 590 g/mol. The molecule has 8 nitrogen and oxygen atoms in total. The van der Waals surface area contributed by atoms with E-state index in [1.54, 1.807) is 11.1 Å². The minimum absolute atomic E-state index is 0.161. The van der Waals surface area contributed by atoms with Gasteiger partial charge in [-0.25, -0.2) is 9.78 Å². The number of ether oxygens (including phenoxy) is 2. The van der Waals surface area contributed by atoms with Crippen LogP contribution in [0.3, 0.4) is 0 Å². The van der Waals surface area contributed by atoms with Gasteiger partial charge in [-0.15, -0.1) is 0 Å². The summed E-state index contributed by atoms with van der Waals surface area (Å²) in [6, 6.07) is 30.2. The molecule has 226 valence electrons. The van der Waals surface area contributed by atoms with Gasteiger partial charge in [0.05, 0.1) is 23.7 Å². The molecule has 1 amide bonds. The fourth-order valence-corrected chi connectivity index (χ4v) is 6.01. The maximum Gasteiger partial charge on any atom is 0.410 e. The van der Waals surface area contributed by atoms with Gasteiger partial charge in [0.15, 0.2) is 6.10 Å². The van der Waals surface area contributed by atoms with E-state index in [0.29, 0.717) is 18.8 Å². The van der Waals surface area contributed by atoms with Gasteiger partial charge in [-0.2, -0.15) is 5.10 Å². The topological polar surface area (TPSA) is 89.7 Å². The van der Waals surface area contributed by atoms with Crippen molar-refractivity contribution in [3.05, 3.63) is 114 Å². The smallest absolute Gasteiger partial charge is 0.410 e. The first-order chi connectivity index (χ1) is 21.2. The Morgan fingerprint density at radius 3 is 2.25 bits per heavy atom. The highest BCUT2D eigenvalue weighted by molar-refractivity contribution is 5.96. The molecule has 2 aromatic heterocycles. The van der Waals surface area contributed by atoms with E-state index in [9.17, 15) is 9.90 Å². The van der Waals surface area contributed by atoms with Crippen LogP contribution in [0.5, 0.6) is 5.88 Å². The van der Waals surface area contributed by atoms with Crippen LogP contribution in [0, 0.1) is 0 Å². The minimum atomic E-state index is -0.741. The zero-order valence-corrected chi connectivity index (χ0v) is 25.6. The number of likely N-dealkylation sites (tertiary alicyclic amines) is 1. The number of rotatable bonds is 6. The molecule has 3 heterocycles. The number of aromatic nitrogens is 3. The lowest BCUT2D eigenvalue weighted by Gasteiger charge is -2.37. The summed E-state index contributed by atoms with van der Waals surface area (Å²) in [6.45, 7) is 6.24. The average Bonchev–Trinajstić information content (AvgIpc) is 3.36. The predicted molar refractivity (Wildman–Crippen MR) is 170 cm³/mol. The molecule has 1 aliphatic rings. The average molecular weight is 591 g/mol. The van der Waals surface area contributed by atoms with Crippen molar-refractivity contribution in [2.75, 3.05) is 13.1 Å². The first-order valence-corrected chi connectivity index (χ1v) is 15.0. The van der Waals surface area contributed by atoms with Gasteiger partial charge in [-0.05, 0) is 56.0 Å². The SMILES string of the molecule is Cn1nc(-c2cccnc2OC(c2ccccc2)c2ccccc2)c2cccc([C@@H]3CCN(C(=O)OC(C)(C)C)C[C@H]3O)c21. The highest BCUT2D eigenvalue weighted by atomic mass is 16.6. The molecule has 6 rings (SSSR count). The summed E-state index contributed by atoms with van der Waals surface area (Å²) in [4.78, 5) is 18.9. The number of fused-ring (bicyclic) bond motifs is 1. The number of aryl methyl sites for hydroxylation is 1. The third kappa shape index (κ3) is 6.03. The van der Waals surface area contributed by atoms with Crippen LogP contribution in [0.25, 0.3) is 22.2 Å². The molecule has 5 aromatic rings. The van der Waals surface area contributed by atoms with Crippen LogP contribution < -0.4 is 4.74 Å². The van der Waals surface area contributed by atoms with Crippen molar-refractivity contribution in [1.82, 2.24) is 19.7 Å². The lowest BCUT2D eigenvalue weighted by molar-refractivity contribution is -0.00141. The standard InChI is InChI=1S/C36H38N4O4/c1-36(2,3)44-35(42)40-22-20-26(30(41)23-40)27-17-11-18-28-31(38-39(4)32(27)28)29-19-12-21-37-34(29)43-33(24-13-7-5-8-14-24)25-15-9-6-10-16-25/h5-19,21,26,30,33,41H,20,22-23H2,1-4H3/t26-,30+/m0/s1. The van der Waals surface area contributed by atoms with Crippen LogP contribution in [0.4, 0.5) is 4.79 Å². The first-order valence-electron chi connectivity index (χ1n) is 15.0. The molecular formula is C36H38N4O4. The largest absolute Gasteiger partial charge is 0.464 e. The maximum absolute atomic E-state index is 12.7. The van der Waals surface area contributed by atoms with E-state index in [1.165, 1.54) is 0 Å². The molecule has 2 atom stereocenters. The number of carbonyl (C=O) groups is 1. The molecular weight excluding hydrogens is 552 g/mol. The highest BCUT2D eigenvalue weighted by Crippen LogP contribution is 2.40. The number of amides is 1. The molecule has 0 radical (unpaired) electrons. The Morgan fingerprint density at radius 2 is 1.61 bits per heavy atom. The molecule has 44 heavy (non-hydrogen) atoms. The van der Waals surface area contributed by atoms with Gasteiger partial charge in [0.25, 0.3) is 0 Å². The molecule has 0 aliphatic carbocycles. The Morgan fingerprint density at radius 1 is 0.932 bits per heavy atom. The van der Waals surface area contributed by atoms with E-state index >= 15 is 0 Å². The highest BCUT2D eigenvalue weighted by Gasteiger charge is 2.35. The van der Waals surface area contributed by atoms with Crippen LogP contribution in [-0.4, -0.2) is 55.7 Å². The molecule has 3 aromatic carbocycles. The fraction of sp³-hybridized carbons (Fsp3) is 0.306. The molecule has 1 saturated heterocycles. The maximum atomic E-state index is 12.7. The van der Waals surface area contributed by atoms with Gasteiger partial charge in [-0.3, -0.25) is 4.68 Å². The van der Waals surface area contributed by atoms with E-state index in [-0.39, 0.29) is 18.6 Å². The summed E-state index contributed by atoms with van der Waals surface area (Å²) in [5.74, 6) is 0.326. The molecule has 1 fully saturated rings. The third-order valence-electron chi connectivity index (χ3n) is 7.99. The number of pyridine rings is 1. The van der Waals surface area contributed by atoms with Gasteiger partial charge in [0, 0.05) is 31.1 Å². The second-order valence-corrected chi connectivity index (χ2v) is 12.3. The van der Waals surface area contributed by atoms with Crippen LogP contribution >= 0.6 is 0 Å². The van der Waals surface area contributed by atoms with Gasteiger partial charge >= 0.3 is 6.09 Å². The van der Waals surface area contributed by atoms with Gasteiger partial charge in [-0.1, -0.05) is 78.9 Å². The molecule has 0 bridgehead atoms. The number of hydrogen-bond donors (Lipinski definition) is 1. The zero-order chi connectivity index (χ0) is 30.8. The second-order valence-electron chi connectivity index (χ2n) is 12.3. The van der Waals surface area contributed by atoms with E-state index in [2.05, 4.69) is 29.2 Å². The first kappa shape index (κ1) is 29.4. The van der Waals surface area contributed by atoms with E-state index in [1.807, 2.05) is 99.2 Å². The summed E-state index contributed by atoms with van der Waals surface area (Å²) >= 11 is 0. The van der Waals surface area contributed by atoms with Crippen LogP contribution in [0.1, 0.15) is 55.9 Å². The molecule has 0 unspecified atom stereocenters. The molecule has 1 aliphatic heterocycles. The Balaban J connectivity index is 1.34. The van der Waals surface area contributed by atoms with Crippen molar-refractivity contribution < 1.29 is 19.4 Å². The Kier molecular flexibility index (Phi) is 8.10. The Labute approximate surface area is 257 Å². The van der Waals surface area contributed by atoms with Crippen LogP contribution in [0.2, 0.25) is 0 Å². The number of carbonyl (C=O) groups excluding carboxylic acids is 1. The molecule has 0 saturated carbocycles. The summed E-state index contributed by atoms with van der Waals surface area (Å²) in [7, 11) is 1.92. The number of piperidine rings is 1. The lowest BCUT2D eigenvalue weighted by Crippen LogP contribution is -2.47. The van der Waals surface area contributed by atoms with Crippen LogP contribution in [-0.2, 0) is 11.8 Å². The summed E-state index contributed by atoms with van der Waals surface area (Å²) in [5.41, 5.74) is 4.94. The molecule has 0 spiro atoms. The fourth-order valence-electron chi connectivity index (χ4n) is 6.01. The van der Waals surface area contributed by atoms with Crippen molar-refractivity contribution >= 4 is 17.0 Å². The van der Waals surface area contributed by atoms with Crippen molar-refractivity contribution in [3.63, 3.8) is 0 Å². The Hall–Kier alpha value is -4.69. The second kappa shape index (κ2) is 12.1. The van der Waals surface area contributed by atoms with Gasteiger partial charge < -0.3 is 19.5 Å². The quantitative estimate of drug-likeness (QED) is 0.232. The van der Waals surface area contributed by atoms with Crippen molar-refractivity contribution in [2.24, 2.45) is 7.05 Å². The van der Waals surface area contributed by atoms with Crippen molar-refractivity contribution in [3.8, 4) is 17.1 Å². The lowest BCUT2D eigenvalue weighted by atomic mass is 9.85. The predicted octanol–water partition coefficient (Wildman–Crippen LogP) is 6.89. The minimum Gasteiger partial charge on any atom is -0.464 e. The summed E-state index contributed by atoms with van der Waals surface area (Å²) < 4.78 is 14.1. The zero-order valence-electron chi connectivity index (χ0n) is 25.6. The van der Waals surface area contributed by atoms with Crippen molar-refractivity contribution in [1.29, 1.82) is 0 Å². The molecule has 8 heteroatoms. The van der Waals surface area contributed by atoms with E-state index in [0.717, 1.165) is 38.9 Å². The number of aliphatic hydroxyl groups excluding tert-OH is 1. The van der Waals surface area contributed by atoms with Crippen LogP contribution in [0.15, 0.2) is 97.2 Å². The summed E-state index contributed by atoms with van der Waals surface area (Å²) in [6.07, 6.45) is 0.843. The molecule has 1 N–H and O–H groups in total. The number of nitrogens with zero attached hydrogens (tertiary/aromatic N) is 4. The van der Waals surface area contributed by atoms with Gasteiger partial charge in [0.2, 0.25) is 5.88 Å². The number of hydrogen-bond acceptors (Lipinski definition) is 6. The van der Waals surface area contributed by atoms with E-state index < -0.39 is 17.8 Å². The Bertz CT molecular complexity index is 1710. The number of aliphatic hydroxyl groups is 1.